The van der Waals surface area contributed by atoms with Crippen LogP contribution >= 0.6 is 28.1 Å². The van der Waals surface area contributed by atoms with E-state index >= 15 is 0 Å². The van der Waals surface area contributed by atoms with Gasteiger partial charge in [0, 0.05) is 26.1 Å². The number of nitrogens with two attached hydrogens (primary N) is 1. The molecule has 0 fully saturated rings. The van der Waals surface area contributed by atoms with E-state index in [2.05, 4.69) is 34.7 Å². The summed E-state index contributed by atoms with van der Waals surface area (Å²) < 4.78 is 13.7. The molecule has 2 nitrogen and oxygen atoms in total. The summed E-state index contributed by atoms with van der Waals surface area (Å²) in [5.74, 6) is 0.331. The standard InChI is InChI=1S/C14H20BrFN2S/c1-10(2)8-18(6-5-14(17)19)9-11-3-4-13(16)12(15)7-11/h3-4,7,10H,5-6,8-9H2,1-2H3,(H2,17,19). The summed E-state index contributed by atoms with van der Waals surface area (Å²) in [5.41, 5.74) is 6.64. The topological polar surface area (TPSA) is 29.3 Å². The maximum absolute atomic E-state index is 13.2. The van der Waals surface area contributed by atoms with Crippen molar-refractivity contribution in [1.29, 1.82) is 0 Å². The molecule has 0 aromatic heterocycles. The van der Waals surface area contributed by atoms with Crippen molar-refractivity contribution < 1.29 is 4.39 Å². The van der Waals surface area contributed by atoms with Gasteiger partial charge in [-0.1, -0.05) is 32.1 Å². The normalized spacial score (nSPS) is 11.3. The van der Waals surface area contributed by atoms with Crippen LogP contribution in [-0.2, 0) is 6.54 Å². The Balaban J connectivity index is 2.69. The molecule has 0 bridgehead atoms. The van der Waals surface area contributed by atoms with Crippen LogP contribution in [0.15, 0.2) is 22.7 Å². The minimum atomic E-state index is -0.234. The van der Waals surface area contributed by atoms with Crippen molar-refractivity contribution in [3.8, 4) is 0 Å². The molecule has 106 valence electrons. The van der Waals surface area contributed by atoms with Gasteiger partial charge in [-0.05, 0) is 39.5 Å². The van der Waals surface area contributed by atoms with E-state index in [0.29, 0.717) is 21.8 Å². The fraction of sp³-hybridized carbons (Fsp3) is 0.500. The molecule has 5 heteroatoms. The van der Waals surface area contributed by atoms with Crippen molar-refractivity contribution in [3.63, 3.8) is 0 Å². The van der Waals surface area contributed by atoms with Gasteiger partial charge in [-0.2, -0.15) is 0 Å². The molecule has 19 heavy (non-hydrogen) atoms. The van der Waals surface area contributed by atoms with E-state index < -0.39 is 0 Å². The van der Waals surface area contributed by atoms with Crippen molar-refractivity contribution in [2.45, 2.75) is 26.8 Å². The Bertz CT molecular complexity index is 437. The van der Waals surface area contributed by atoms with Crippen LogP contribution in [0.5, 0.6) is 0 Å². The molecule has 0 atom stereocenters. The fourth-order valence-electron chi connectivity index (χ4n) is 1.92. The molecule has 2 N–H and O–H groups in total. The highest BCUT2D eigenvalue weighted by Crippen LogP contribution is 2.18. The third kappa shape index (κ3) is 6.45. The molecule has 0 radical (unpaired) electrons. The van der Waals surface area contributed by atoms with Gasteiger partial charge >= 0.3 is 0 Å². The molecule has 1 rings (SSSR count). The van der Waals surface area contributed by atoms with Crippen LogP contribution < -0.4 is 5.73 Å². The smallest absolute Gasteiger partial charge is 0.137 e. The largest absolute Gasteiger partial charge is 0.393 e. The molecule has 0 amide bonds. The third-order valence-corrected chi connectivity index (χ3v) is 3.50. The molecular formula is C14H20BrFN2S. The fourth-order valence-corrected chi connectivity index (χ4v) is 2.43. The molecule has 1 aromatic carbocycles. The quantitative estimate of drug-likeness (QED) is 0.763. The molecule has 0 heterocycles. The van der Waals surface area contributed by atoms with E-state index in [1.165, 1.54) is 6.07 Å². The highest BCUT2D eigenvalue weighted by molar-refractivity contribution is 9.10. The lowest BCUT2D eigenvalue weighted by molar-refractivity contribution is 0.242. The van der Waals surface area contributed by atoms with Gasteiger partial charge in [0.2, 0.25) is 0 Å². The Kier molecular flexibility index (Phi) is 6.89. The van der Waals surface area contributed by atoms with Gasteiger partial charge in [0.25, 0.3) is 0 Å². The Morgan fingerprint density at radius 2 is 2.16 bits per heavy atom. The predicted molar refractivity (Wildman–Crippen MR) is 85.6 cm³/mol. The van der Waals surface area contributed by atoms with E-state index in [1.807, 2.05) is 12.1 Å². The van der Waals surface area contributed by atoms with Crippen LogP contribution in [-0.4, -0.2) is 23.0 Å². The van der Waals surface area contributed by atoms with Gasteiger partial charge in [0.05, 0.1) is 9.46 Å². The Morgan fingerprint density at radius 3 is 2.68 bits per heavy atom. The zero-order valence-electron chi connectivity index (χ0n) is 11.3. The average Bonchev–Trinajstić information content (AvgIpc) is 2.30. The first-order valence-electron chi connectivity index (χ1n) is 6.33. The van der Waals surface area contributed by atoms with Crippen LogP contribution in [0.25, 0.3) is 0 Å². The summed E-state index contributed by atoms with van der Waals surface area (Å²) in [5, 5.41) is 0. The van der Waals surface area contributed by atoms with Gasteiger partial charge in [-0.15, -0.1) is 0 Å². The number of hydrogen-bond acceptors (Lipinski definition) is 2. The summed E-state index contributed by atoms with van der Waals surface area (Å²) in [4.78, 5) is 2.83. The maximum Gasteiger partial charge on any atom is 0.137 e. The molecule has 0 aliphatic carbocycles. The zero-order chi connectivity index (χ0) is 14.4. The van der Waals surface area contributed by atoms with E-state index in [4.69, 9.17) is 18.0 Å². The second kappa shape index (κ2) is 7.92. The van der Waals surface area contributed by atoms with E-state index in [1.54, 1.807) is 0 Å². The van der Waals surface area contributed by atoms with Gasteiger partial charge < -0.3 is 5.73 Å². The minimum Gasteiger partial charge on any atom is -0.393 e. The van der Waals surface area contributed by atoms with Crippen LogP contribution in [0.3, 0.4) is 0 Å². The van der Waals surface area contributed by atoms with E-state index in [0.717, 1.165) is 25.2 Å². The van der Waals surface area contributed by atoms with Gasteiger partial charge in [-0.3, -0.25) is 4.90 Å². The van der Waals surface area contributed by atoms with Crippen LogP contribution in [0.4, 0.5) is 4.39 Å². The summed E-state index contributed by atoms with van der Waals surface area (Å²) in [6.07, 6.45) is 0.713. The van der Waals surface area contributed by atoms with Crippen LogP contribution in [0.1, 0.15) is 25.8 Å². The van der Waals surface area contributed by atoms with E-state index in [9.17, 15) is 4.39 Å². The lowest BCUT2D eigenvalue weighted by atomic mass is 10.1. The Labute approximate surface area is 128 Å². The van der Waals surface area contributed by atoms with E-state index in [-0.39, 0.29) is 5.82 Å². The third-order valence-electron chi connectivity index (χ3n) is 2.69. The van der Waals surface area contributed by atoms with Gasteiger partial charge in [0.1, 0.15) is 5.82 Å². The molecule has 1 aromatic rings. The number of benzene rings is 1. The number of halogens is 2. The first-order valence-corrected chi connectivity index (χ1v) is 7.53. The zero-order valence-corrected chi connectivity index (χ0v) is 13.7. The molecule has 0 unspecified atom stereocenters. The lowest BCUT2D eigenvalue weighted by Gasteiger charge is -2.24. The number of hydrogen-bond donors (Lipinski definition) is 1. The molecule has 0 aliphatic rings. The van der Waals surface area contributed by atoms with Crippen molar-refractivity contribution in [2.24, 2.45) is 11.7 Å². The van der Waals surface area contributed by atoms with Crippen LogP contribution in [0, 0.1) is 11.7 Å². The summed E-state index contributed by atoms with van der Waals surface area (Å²) in [7, 11) is 0. The summed E-state index contributed by atoms with van der Waals surface area (Å²) in [6.45, 7) is 6.93. The van der Waals surface area contributed by atoms with Crippen molar-refractivity contribution in [3.05, 3.63) is 34.1 Å². The SMILES string of the molecule is CC(C)CN(CCC(N)=S)Cc1ccc(F)c(Br)c1. The minimum absolute atomic E-state index is 0.234. The lowest BCUT2D eigenvalue weighted by Crippen LogP contribution is -2.30. The number of nitrogens with zero attached hydrogens (tertiary/aromatic N) is 1. The van der Waals surface area contributed by atoms with Gasteiger partial charge in [0.15, 0.2) is 0 Å². The van der Waals surface area contributed by atoms with Gasteiger partial charge in [-0.25, -0.2) is 4.39 Å². The number of rotatable bonds is 7. The molecule has 0 aliphatic heterocycles. The summed E-state index contributed by atoms with van der Waals surface area (Å²) in [6, 6.07) is 5.12. The monoisotopic (exact) mass is 346 g/mol. The first kappa shape index (κ1) is 16.5. The molecule has 0 spiro atoms. The highest BCUT2D eigenvalue weighted by Gasteiger charge is 2.10. The molecule has 0 saturated carbocycles. The van der Waals surface area contributed by atoms with Crippen molar-refractivity contribution in [2.75, 3.05) is 13.1 Å². The second-order valence-corrected chi connectivity index (χ2v) is 6.47. The maximum atomic E-state index is 13.2. The Hall–Kier alpha value is -0.520. The van der Waals surface area contributed by atoms with Crippen LogP contribution in [0.2, 0.25) is 0 Å². The predicted octanol–water partition coefficient (Wildman–Crippen LogP) is 3.72. The average molecular weight is 347 g/mol. The number of thiocarbonyl (C=S) groups is 1. The molecular weight excluding hydrogens is 327 g/mol. The summed E-state index contributed by atoms with van der Waals surface area (Å²) >= 11 is 8.14. The van der Waals surface area contributed by atoms with Crippen molar-refractivity contribution >= 4 is 33.1 Å². The second-order valence-electron chi connectivity index (χ2n) is 5.09. The molecule has 0 saturated heterocycles. The Morgan fingerprint density at radius 1 is 1.47 bits per heavy atom. The highest BCUT2D eigenvalue weighted by atomic mass is 79.9. The first-order chi connectivity index (χ1) is 8.88. The van der Waals surface area contributed by atoms with Crippen molar-refractivity contribution in [1.82, 2.24) is 4.90 Å².